The first-order valence-corrected chi connectivity index (χ1v) is 9.74. The van der Waals surface area contributed by atoms with Gasteiger partial charge in [-0.15, -0.1) is 0 Å². The third-order valence-corrected chi connectivity index (χ3v) is 3.52. The predicted octanol–water partition coefficient (Wildman–Crippen LogP) is 7.33. The van der Waals surface area contributed by atoms with Crippen LogP contribution in [0.3, 0.4) is 0 Å². The van der Waals surface area contributed by atoms with Crippen LogP contribution in [-0.4, -0.2) is 13.2 Å². The average molecular weight is 331 g/mol. The fourth-order valence-corrected chi connectivity index (χ4v) is 2.16. The van der Waals surface area contributed by atoms with Crippen molar-refractivity contribution in [1.82, 2.24) is 0 Å². The molecule has 0 N–H and O–H groups in total. The molecule has 24 heavy (non-hydrogen) atoms. The lowest BCUT2D eigenvalue weighted by atomic mass is 10.2. The van der Waals surface area contributed by atoms with Crippen LogP contribution >= 0.6 is 0 Å². The lowest BCUT2D eigenvalue weighted by Crippen LogP contribution is -1.92. The second kappa shape index (κ2) is 21.7. The summed E-state index contributed by atoms with van der Waals surface area (Å²) in [6.45, 7) is 5.98. The molecule has 0 bridgehead atoms. The second-order valence-electron chi connectivity index (χ2n) is 5.75. The van der Waals surface area contributed by atoms with E-state index in [2.05, 4.69) is 74.6 Å². The number of hydrogen-bond acceptors (Lipinski definition) is 1. The smallest absolute Gasteiger partial charge is 0.0465 e. The fourth-order valence-electron chi connectivity index (χ4n) is 2.16. The summed E-state index contributed by atoms with van der Waals surface area (Å²) in [6.07, 6.45) is 32.7. The fraction of sp³-hybridized carbons (Fsp3) is 0.565. The van der Waals surface area contributed by atoms with Crippen molar-refractivity contribution >= 4 is 0 Å². The molecule has 0 radical (unpaired) electrons. The van der Waals surface area contributed by atoms with Crippen LogP contribution in [0.4, 0.5) is 0 Å². The van der Waals surface area contributed by atoms with Gasteiger partial charge in [0.1, 0.15) is 0 Å². The first-order chi connectivity index (χ1) is 11.9. The highest BCUT2D eigenvalue weighted by atomic mass is 16.5. The van der Waals surface area contributed by atoms with Gasteiger partial charge in [0.05, 0.1) is 0 Å². The predicted molar refractivity (Wildman–Crippen MR) is 109 cm³/mol. The molecule has 0 aromatic heterocycles. The van der Waals surface area contributed by atoms with Crippen molar-refractivity contribution in [2.75, 3.05) is 13.2 Å². The molecule has 1 nitrogen and oxygen atoms in total. The van der Waals surface area contributed by atoms with Crippen LogP contribution in [0.2, 0.25) is 0 Å². The number of ether oxygens (including phenoxy) is 1. The van der Waals surface area contributed by atoms with Crippen LogP contribution < -0.4 is 0 Å². The van der Waals surface area contributed by atoms with Crippen molar-refractivity contribution < 1.29 is 4.74 Å². The molecule has 0 saturated heterocycles. The number of rotatable bonds is 16. The van der Waals surface area contributed by atoms with Crippen molar-refractivity contribution in [3.8, 4) is 0 Å². The lowest BCUT2D eigenvalue weighted by molar-refractivity contribution is 0.143. The third-order valence-electron chi connectivity index (χ3n) is 3.52. The maximum atomic E-state index is 5.33. The van der Waals surface area contributed by atoms with Crippen molar-refractivity contribution in [2.24, 2.45) is 0 Å². The Morgan fingerprint density at radius 1 is 0.542 bits per heavy atom. The van der Waals surface area contributed by atoms with E-state index in [0.717, 1.165) is 45.3 Å². The van der Waals surface area contributed by atoms with Gasteiger partial charge in [0.25, 0.3) is 0 Å². The Morgan fingerprint density at radius 3 is 1.54 bits per heavy atom. The van der Waals surface area contributed by atoms with E-state index in [0.29, 0.717) is 0 Å². The maximum absolute atomic E-state index is 5.33. The van der Waals surface area contributed by atoms with Gasteiger partial charge in [-0.25, -0.2) is 0 Å². The van der Waals surface area contributed by atoms with Gasteiger partial charge in [0, 0.05) is 13.2 Å². The average Bonchev–Trinajstić information content (AvgIpc) is 2.60. The monoisotopic (exact) mass is 330 g/mol. The summed E-state index contributed by atoms with van der Waals surface area (Å²) in [5.41, 5.74) is 0. The molecule has 0 heterocycles. The van der Waals surface area contributed by atoms with E-state index < -0.39 is 0 Å². The van der Waals surface area contributed by atoms with Gasteiger partial charge in [0.15, 0.2) is 0 Å². The Hall–Kier alpha value is -1.34. The Balaban J connectivity index is 3.37. The van der Waals surface area contributed by atoms with E-state index in [1.807, 2.05) is 0 Å². The van der Waals surface area contributed by atoms with Gasteiger partial charge in [-0.3, -0.25) is 0 Å². The highest BCUT2D eigenvalue weighted by molar-refractivity contribution is 5.00. The molecule has 0 aliphatic carbocycles. The SMILES string of the molecule is CC/C=C\C/C=C\C/C=C\C/C=C\C/C=C\CCCCCOCC. The van der Waals surface area contributed by atoms with Gasteiger partial charge in [-0.05, 0) is 58.3 Å². The molecular weight excluding hydrogens is 292 g/mol. The first kappa shape index (κ1) is 22.7. The molecule has 0 aliphatic heterocycles. The Bertz CT molecular complexity index is 371. The Kier molecular flexibility index (Phi) is 20.5. The minimum absolute atomic E-state index is 0.842. The van der Waals surface area contributed by atoms with Gasteiger partial charge in [0.2, 0.25) is 0 Å². The maximum Gasteiger partial charge on any atom is 0.0465 e. The molecule has 0 aromatic carbocycles. The zero-order chi connectivity index (χ0) is 17.6. The summed E-state index contributed by atoms with van der Waals surface area (Å²) in [5.74, 6) is 0. The topological polar surface area (TPSA) is 9.23 Å². The molecule has 136 valence electrons. The summed E-state index contributed by atoms with van der Waals surface area (Å²) in [4.78, 5) is 0. The van der Waals surface area contributed by atoms with Crippen molar-refractivity contribution in [1.29, 1.82) is 0 Å². The Morgan fingerprint density at radius 2 is 1.04 bits per heavy atom. The van der Waals surface area contributed by atoms with Crippen LogP contribution in [0.25, 0.3) is 0 Å². The van der Waals surface area contributed by atoms with Gasteiger partial charge in [-0.1, -0.05) is 74.1 Å². The number of allylic oxidation sites excluding steroid dienone is 10. The number of unbranched alkanes of at least 4 members (excludes halogenated alkanes) is 3. The van der Waals surface area contributed by atoms with E-state index in [1.165, 1.54) is 25.7 Å². The molecule has 0 fully saturated rings. The molecular formula is C23H38O. The highest BCUT2D eigenvalue weighted by Gasteiger charge is 1.87. The largest absolute Gasteiger partial charge is 0.382 e. The summed E-state index contributed by atoms with van der Waals surface area (Å²) in [7, 11) is 0. The molecule has 0 spiro atoms. The van der Waals surface area contributed by atoms with Gasteiger partial charge >= 0.3 is 0 Å². The van der Waals surface area contributed by atoms with Crippen molar-refractivity contribution in [3.05, 3.63) is 60.8 Å². The van der Waals surface area contributed by atoms with Crippen molar-refractivity contribution in [2.45, 2.75) is 71.6 Å². The molecule has 0 unspecified atom stereocenters. The zero-order valence-corrected chi connectivity index (χ0v) is 16.0. The summed E-state index contributed by atoms with van der Waals surface area (Å²) in [6, 6.07) is 0. The van der Waals surface area contributed by atoms with Crippen LogP contribution in [0.1, 0.15) is 71.6 Å². The van der Waals surface area contributed by atoms with Crippen molar-refractivity contribution in [3.63, 3.8) is 0 Å². The molecule has 0 rings (SSSR count). The first-order valence-electron chi connectivity index (χ1n) is 9.74. The molecule has 1 heteroatoms. The third kappa shape index (κ3) is 20.7. The van der Waals surface area contributed by atoms with Gasteiger partial charge in [-0.2, -0.15) is 0 Å². The van der Waals surface area contributed by atoms with E-state index in [-0.39, 0.29) is 0 Å². The Labute approximate surface area is 150 Å². The van der Waals surface area contributed by atoms with E-state index in [1.54, 1.807) is 0 Å². The summed E-state index contributed by atoms with van der Waals surface area (Å²) < 4.78 is 5.33. The quantitative estimate of drug-likeness (QED) is 0.212. The minimum atomic E-state index is 0.842. The van der Waals surface area contributed by atoms with Crippen LogP contribution in [-0.2, 0) is 4.74 Å². The van der Waals surface area contributed by atoms with Crippen LogP contribution in [0.15, 0.2) is 60.8 Å². The molecule has 0 aromatic rings. The lowest BCUT2D eigenvalue weighted by Gasteiger charge is -1.99. The molecule has 0 amide bonds. The van der Waals surface area contributed by atoms with Crippen LogP contribution in [0, 0.1) is 0 Å². The number of hydrogen-bond donors (Lipinski definition) is 0. The van der Waals surface area contributed by atoms with Crippen LogP contribution in [0.5, 0.6) is 0 Å². The molecule has 0 atom stereocenters. The van der Waals surface area contributed by atoms with E-state index >= 15 is 0 Å². The highest BCUT2D eigenvalue weighted by Crippen LogP contribution is 2.02. The van der Waals surface area contributed by atoms with E-state index in [9.17, 15) is 0 Å². The molecule has 0 aliphatic rings. The molecule has 0 saturated carbocycles. The van der Waals surface area contributed by atoms with Gasteiger partial charge < -0.3 is 4.74 Å². The standard InChI is InChI=1S/C23H38O/c1-3-5-6-7-8-9-10-11-12-13-14-15-16-17-18-19-20-21-22-23-24-4-2/h5-6,8-9,11-12,14-15,17-18H,3-4,7,10,13,16,19-23H2,1-2H3/b6-5-,9-8-,12-11-,15-14-,18-17-. The summed E-state index contributed by atoms with van der Waals surface area (Å²) in [5, 5.41) is 0. The van der Waals surface area contributed by atoms with E-state index in [4.69, 9.17) is 4.74 Å². The minimum Gasteiger partial charge on any atom is -0.382 e. The summed E-state index contributed by atoms with van der Waals surface area (Å²) >= 11 is 0. The normalized spacial score (nSPS) is 12.9. The second-order valence-corrected chi connectivity index (χ2v) is 5.75. The zero-order valence-electron chi connectivity index (χ0n) is 16.0.